The van der Waals surface area contributed by atoms with Crippen LogP contribution < -0.4 is 0 Å². The number of hydrogen-bond donors (Lipinski definition) is 0. The van der Waals surface area contributed by atoms with Gasteiger partial charge in [-0.05, 0) is 48.6 Å². The maximum Gasteiger partial charge on any atom is 0.120 e. The summed E-state index contributed by atoms with van der Waals surface area (Å²) in [6.07, 6.45) is 5.64. The zero-order valence-electron chi connectivity index (χ0n) is 14.4. The largest absolute Gasteiger partial charge is 0.381 e. The quantitative estimate of drug-likeness (QED) is 0.757. The Morgan fingerprint density at radius 1 is 1.09 bits per heavy atom. The van der Waals surface area contributed by atoms with Gasteiger partial charge in [-0.25, -0.2) is 0 Å². The third-order valence-electron chi connectivity index (χ3n) is 6.36. The maximum atomic E-state index is 5.74. The Bertz CT molecular complexity index is 567. The normalized spacial score (nSPS) is 37.7. The number of nitrogens with zero attached hydrogens (tertiary/aromatic N) is 1. The molecule has 3 heteroatoms. The summed E-state index contributed by atoms with van der Waals surface area (Å²) in [5.74, 6) is 1.66. The Balaban J connectivity index is 1.75. The molecule has 0 spiro atoms. The van der Waals surface area contributed by atoms with Gasteiger partial charge in [0.15, 0.2) is 0 Å². The van der Waals surface area contributed by atoms with Crippen LogP contribution in [0.4, 0.5) is 0 Å². The first kappa shape index (κ1) is 14.9. The van der Waals surface area contributed by atoms with Gasteiger partial charge in [-0.2, -0.15) is 0 Å². The summed E-state index contributed by atoms with van der Waals surface area (Å²) in [7, 11) is 0.573. The molecule has 2 nitrogen and oxygen atoms in total. The molecule has 2 aliphatic carbocycles. The van der Waals surface area contributed by atoms with Crippen LogP contribution in [0.3, 0.4) is 0 Å². The number of benzene rings is 1. The first-order valence-corrected chi connectivity index (χ1v) is 12.3. The van der Waals surface area contributed by atoms with Crippen LogP contribution in [0.1, 0.15) is 36.4 Å². The van der Waals surface area contributed by atoms with Gasteiger partial charge < -0.3 is 9.30 Å². The number of fused-ring (bicyclic) bond motifs is 5. The van der Waals surface area contributed by atoms with E-state index in [2.05, 4.69) is 48.5 Å². The van der Waals surface area contributed by atoms with Gasteiger partial charge in [0.25, 0.3) is 0 Å². The molecule has 2 fully saturated rings. The lowest BCUT2D eigenvalue weighted by atomic mass is 9.77. The minimum atomic E-state index is -1.33. The standard InChI is InChI=1S/C19H29NOSi/c1-21-14-9-10-18-16(12-14)17-11-13-7-5-6-8-15(13)19(17)20(18)22(2,3)4/h5-8,14,16-19H,9-12H2,1-4H3. The Morgan fingerprint density at radius 3 is 2.59 bits per heavy atom. The molecule has 1 saturated heterocycles. The van der Waals surface area contributed by atoms with Crippen molar-refractivity contribution in [1.82, 2.24) is 4.57 Å². The molecule has 1 aromatic rings. The molecule has 120 valence electrons. The van der Waals surface area contributed by atoms with Crippen LogP contribution in [0.25, 0.3) is 0 Å². The van der Waals surface area contributed by atoms with Crippen molar-refractivity contribution in [3.63, 3.8) is 0 Å². The zero-order valence-corrected chi connectivity index (χ0v) is 15.4. The average molecular weight is 316 g/mol. The molecule has 1 saturated carbocycles. The van der Waals surface area contributed by atoms with Gasteiger partial charge in [0.2, 0.25) is 0 Å². The monoisotopic (exact) mass is 315 g/mol. The number of ether oxygens (including phenoxy) is 1. The van der Waals surface area contributed by atoms with Gasteiger partial charge >= 0.3 is 0 Å². The SMILES string of the molecule is COC1CCC2C(C1)C1Cc3ccccc3C1N2[Si](C)(C)C. The summed E-state index contributed by atoms with van der Waals surface area (Å²) in [5.41, 5.74) is 3.25. The summed E-state index contributed by atoms with van der Waals surface area (Å²) in [5, 5.41) is 0. The van der Waals surface area contributed by atoms with Crippen LogP contribution >= 0.6 is 0 Å². The van der Waals surface area contributed by atoms with Crippen LogP contribution in [0.5, 0.6) is 0 Å². The lowest BCUT2D eigenvalue weighted by molar-refractivity contribution is 0.0326. The second-order valence-electron chi connectivity index (χ2n) is 8.49. The highest BCUT2D eigenvalue weighted by Gasteiger charge is 2.56. The fraction of sp³-hybridized carbons (Fsp3) is 0.684. The molecular formula is C19H29NOSi. The van der Waals surface area contributed by atoms with Crippen molar-refractivity contribution in [3.8, 4) is 0 Å². The molecule has 1 aliphatic heterocycles. The van der Waals surface area contributed by atoms with Crippen LogP contribution in [-0.2, 0) is 11.2 Å². The Kier molecular flexibility index (Phi) is 3.52. The molecular weight excluding hydrogens is 286 g/mol. The fourth-order valence-corrected chi connectivity index (χ4v) is 8.12. The summed E-state index contributed by atoms with van der Waals surface area (Å²) < 4.78 is 8.74. The van der Waals surface area contributed by atoms with Gasteiger partial charge in [0, 0.05) is 19.2 Å². The average Bonchev–Trinajstić information content (AvgIpc) is 3.00. The fourth-order valence-electron chi connectivity index (χ4n) is 5.64. The van der Waals surface area contributed by atoms with E-state index >= 15 is 0 Å². The second kappa shape index (κ2) is 5.18. The number of hydrogen-bond acceptors (Lipinski definition) is 2. The minimum absolute atomic E-state index is 0.493. The summed E-state index contributed by atoms with van der Waals surface area (Å²) in [4.78, 5) is 0. The maximum absolute atomic E-state index is 5.74. The van der Waals surface area contributed by atoms with Crippen molar-refractivity contribution in [3.05, 3.63) is 35.4 Å². The van der Waals surface area contributed by atoms with Crippen molar-refractivity contribution in [2.24, 2.45) is 11.8 Å². The molecule has 1 aromatic carbocycles. The minimum Gasteiger partial charge on any atom is -0.381 e. The van der Waals surface area contributed by atoms with Gasteiger partial charge in [-0.1, -0.05) is 43.9 Å². The summed E-state index contributed by atoms with van der Waals surface area (Å²) in [6, 6.07) is 10.7. The van der Waals surface area contributed by atoms with E-state index in [1.54, 1.807) is 11.1 Å². The van der Waals surface area contributed by atoms with E-state index in [4.69, 9.17) is 4.74 Å². The van der Waals surface area contributed by atoms with Gasteiger partial charge in [0.1, 0.15) is 8.24 Å². The van der Waals surface area contributed by atoms with E-state index in [0.717, 1.165) is 17.9 Å². The molecule has 0 bridgehead atoms. The highest BCUT2D eigenvalue weighted by atomic mass is 28.3. The highest BCUT2D eigenvalue weighted by molar-refractivity contribution is 6.73. The van der Waals surface area contributed by atoms with Crippen molar-refractivity contribution < 1.29 is 4.74 Å². The van der Waals surface area contributed by atoms with Gasteiger partial charge in [0.05, 0.1) is 6.10 Å². The van der Waals surface area contributed by atoms with Crippen molar-refractivity contribution in [2.45, 2.75) is 63.5 Å². The van der Waals surface area contributed by atoms with E-state index in [1.165, 1.54) is 25.7 Å². The van der Waals surface area contributed by atoms with E-state index in [0.29, 0.717) is 12.1 Å². The second-order valence-corrected chi connectivity index (χ2v) is 13.3. The number of rotatable bonds is 2. The van der Waals surface area contributed by atoms with Crippen molar-refractivity contribution in [2.75, 3.05) is 7.11 Å². The van der Waals surface area contributed by atoms with Crippen molar-refractivity contribution >= 4 is 8.24 Å². The van der Waals surface area contributed by atoms with Crippen molar-refractivity contribution in [1.29, 1.82) is 0 Å². The predicted octanol–water partition coefficient (Wildman–Crippen LogP) is 4.23. The van der Waals surface area contributed by atoms with Crippen LogP contribution in [-0.4, -0.2) is 32.1 Å². The molecule has 0 N–H and O–H groups in total. The van der Waals surface area contributed by atoms with Gasteiger partial charge in [-0.3, -0.25) is 0 Å². The summed E-state index contributed by atoms with van der Waals surface area (Å²) >= 11 is 0. The lowest BCUT2D eigenvalue weighted by Gasteiger charge is -2.43. The van der Waals surface area contributed by atoms with E-state index in [9.17, 15) is 0 Å². The Labute approximate surface area is 135 Å². The van der Waals surface area contributed by atoms with E-state index < -0.39 is 8.24 Å². The molecule has 5 unspecified atom stereocenters. The highest BCUT2D eigenvalue weighted by Crippen LogP contribution is 2.57. The third kappa shape index (κ3) is 2.13. The molecule has 4 rings (SSSR count). The molecule has 5 atom stereocenters. The molecule has 3 aliphatic rings. The molecule has 0 radical (unpaired) electrons. The molecule has 0 amide bonds. The van der Waals surface area contributed by atoms with E-state index in [1.807, 2.05) is 7.11 Å². The van der Waals surface area contributed by atoms with E-state index in [-0.39, 0.29) is 0 Å². The zero-order chi connectivity index (χ0) is 15.5. The van der Waals surface area contributed by atoms with Gasteiger partial charge in [-0.15, -0.1) is 0 Å². The topological polar surface area (TPSA) is 12.5 Å². The first-order chi connectivity index (χ1) is 10.5. The lowest BCUT2D eigenvalue weighted by Crippen LogP contribution is -2.52. The van der Waals surface area contributed by atoms with Crippen LogP contribution in [0.2, 0.25) is 19.6 Å². The first-order valence-electron chi connectivity index (χ1n) is 8.89. The predicted molar refractivity (Wildman–Crippen MR) is 93.5 cm³/mol. The Hall–Kier alpha value is -0.643. The van der Waals surface area contributed by atoms with Crippen LogP contribution in [0.15, 0.2) is 24.3 Å². The van der Waals surface area contributed by atoms with Crippen LogP contribution in [0, 0.1) is 11.8 Å². The molecule has 22 heavy (non-hydrogen) atoms. The summed E-state index contributed by atoms with van der Waals surface area (Å²) in [6.45, 7) is 7.61. The molecule has 0 aromatic heterocycles. The third-order valence-corrected chi connectivity index (χ3v) is 8.52. The Morgan fingerprint density at radius 2 is 1.86 bits per heavy atom. The molecule has 1 heterocycles. The smallest absolute Gasteiger partial charge is 0.120 e. The number of methoxy groups -OCH3 is 1.